The number of benzene rings is 1. The molecule has 0 aliphatic heterocycles. The minimum Gasteiger partial charge on any atom is -0.273 e. The molecule has 24 heavy (non-hydrogen) atoms. The van der Waals surface area contributed by atoms with E-state index < -0.39 is 5.56 Å². The number of hydrogen-bond donors (Lipinski definition) is 1. The molecule has 0 aliphatic rings. The van der Waals surface area contributed by atoms with Crippen LogP contribution in [0.25, 0.3) is 16.7 Å². The Morgan fingerprint density at radius 1 is 1.33 bits per heavy atom. The van der Waals surface area contributed by atoms with Crippen molar-refractivity contribution < 1.29 is 4.79 Å². The molecule has 0 atom stereocenters. The summed E-state index contributed by atoms with van der Waals surface area (Å²) in [7, 11) is 0. The van der Waals surface area contributed by atoms with Gasteiger partial charge in [-0.3, -0.25) is 15.0 Å². The van der Waals surface area contributed by atoms with Gasteiger partial charge in [-0.2, -0.15) is 5.10 Å². The highest BCUT2D eigenvalue weighted by atomic mass is 35.5. The quantitative estimate of drug-likeness (QED) is 0.703. The van der Waals surface area contributed by atoms with Crippen LogP contribution in [0.3, 0.4) is 0 Å². The molecule has 3 aromatic rings. The van der Waals surface area contributed by atoms with Crippen LogP contribution in [0.4, 0.5) is 0 Å². The van der Waals surface area contributed by atoms with Crippen LogP contribution in [-0.4, -0.2) is 31.2 Å². The van der Waals surface area contributed by atoms with Crippen LogP contribution in [-0.2, 0) is 4.79 Å². The molecule has 2 heterocycles. The predicted molar refractivity (Wildman–Crippen MR) is 92.5 cm³/mol. The van der Waals surface area contributed by atoms with Gasteiger partial charge >= 0.3 is 0 Å². The van der Waals surface area contributed by atoms with E-state index in [0.29, 0.717) is 28.7 Å². The lowest BCUT2D eigenvalue weighted by molar-refractivity contribution is -0.117. The number of nitrogens with one attached hydrogen (secondary N) is 1. The standard InChI is InChI=1S/C15H13Cl2N5O2/c16-6-2-5-13(23)20-21-9-18-14-12(15(21)24)8-19-22(14)11-4-1-3-10(17)7-11/h1,3-4,7-9H,2,5-6H2,(H,20,23). The lowest BCUT2D eigenvalue weighted by Crippen LogP contribution is -2.33. The molecule has 1 aromatic carbocycles. The largest absolute Gasteiger partial charge is 0.283 e. The lowest BCUT2D eigenvalue weighted by Gasteiger charge is -2.07. The average molecular weight is 366 g/mol. The number of halogens is 2. The van der Waals surface area contributed by atoms with Gasteiger partial charge in [-0.25, -0.2) is 14.3 Å². The van der Waals surface area contributed by atoms with Crippen molar-refractivity contribution in [3.63, 3.8) is 0 Å². The highest BCUT2D eigenvalue weighted by Crippen LogP contribution is 2.17. The van der Waals surface area contributed by atoms with Crippen molar-refractivity contribution in [2.24, 2.45) is 0 Å². The van der Waals surface area contributed by atoms with Crippen molar-refractivity contribution in [2.75, 3.05) is 11.3 Å². The van der Waals surface area contributed by atoms with Crippen molar-refractivity contribution in [3.8, 4) is 5.69 Å². The molecule has 9 heteroatoms. The molecule has 3 rings (SSSR count). The fourth-order valence-corrected chi connectivity index (χ4v) is 2.52. The summed E-state index contributed by atoms with van der Waals surface area (Å²) in [6.07, 6.45) is 3.43. The summed E-state index contributed by atoms with van der Waals surface area (Å²) in [6.45, 7) is 0. The summed E-state index contributed by atoms with van der Waals surface area (Å²) in [4.78, 5) is 28.4. The summed E-state index contributed by atoms with van der Waals surface area (Å²) >= 11 is 11.5. The first kappa shape index (κ1) is 16.5. The number of hydrogen-bond acceptors (Lipinski definition) is 4. The summed E-state index contributed by atoms with van der Waals surface area (Å²) < 4.78 is 2.56. The summed E-state index contributed by atoms with van der Waals surface area (Å²) in [6, 6.07) is 7.05. The zero-order valence-corrected chi connectivity index (χ0v) is 14.0. The number of amides is 1. The molecule has 1 N–H and O–H groups in total. The normalized spacial score (nSPS) is 10.9. The zero-order chi connectivity index (χ0) is 17.1. The van der Waals surface area contributed by atoms with Crippen molar-refractivity contribution in [1.82, 2.24) is 19.4 Å². The highest BCUT2D eigenvalue weighted by Gasteiger charge is 2.12. The van der Waals surface area contributed by atoms with Crippen LogP contribution in [0.5, 0.6) is 0 Å². The third-order valence-corrected chi connectivity index (χ3v) is 3.83. The molecule has 0 aliphatic carbocycles. The molecule has 124 valence electrons. The minimum absolute atomic E-state index is 0.232. The van der Waals surface area contributed by atoms with Gasteiger partial charge < -0.3 is 0 Å². The van der Waals surface area contributed by atoms with Crippen LogP contribution in [0.2, 0.25) is 5.02 Å². The molecule has 0 saturated carbocycles. The fourth-order valence-electron chi connectivity index (χ4n) is 2.21. The Bertz CT molecular complexity index is 950. The van der Waals surface area contributed by atoms with E-state index in [1.165, 1.54) is 17.2 Å². The maximum Gasteiger partial charge on any atom is 0.283 e. The molecular weight excluding hydrogens is 353 g/mol. The summed E-state index contributed by atoms with van der Waals surface area (Å²) in [5.74, 6) is 0.0765. The minimum atomic E-state index is -0.410. The first-order valence-corrected chi connectivity index (χ1v) is 8.08. The van der Waals surface area contributed by atoms with Gasteiger partial charge in [-0.15, -0.1) is 11.6 Å². The zero-order valence-electron chi connectivity index (χ0n) is 12.4. The van der Waals surface area contributed by atoms with Crippen LogP contribution < -0.4 is 11.0 Å². The second kappa shape index (κ2) is 7.02. The van der Waals surface area contributed by atoms with E-state index in [9.17, 15) is 9.59 Å². The van der Waals surface area contributed by atoms with Crippen LogP contribution in [0.1, 0.15) is 12.8 Å². The number of carbonyl (C=O) groups excluding carboxylic acids is 1. The van der Waals surface area contributed by atoms with Gasteiger partial charge in [0.05, 0.1) is 11.9 Å². The lowest BCUT2D eigenvalue weighted by atomic mass is 10.3. The van der Waals surface area contributed by atoms with E-state index in [-0.39, 0.29) is 17.7 Å². The van der Waals surface area contributed by atoms with Crippen molar-refractivity contribution in [1.29, 1.82) is 0 Å². The van der Waals surface area contributed by atoms with Crippen molar-refractivity contribution in [2.45, 2.75) is 12.8 Å². The Morgan fingerprint density at radius 2 is 2.17 bits per heavy atom. The Hall–Kier alpha value is -2.38. The third-order valence-electron chi connectivity index (χ3n) is 3.32. The van der Waals surface area contributed by atoms with E-state index >= 15 is 0 Å². The van der Waals surface area contributed by atoms with E-state index in [1.54, 1.807) is 24.3 Å². The second-order valence-corrected chi connectivity index (χ2v) is 5.84. The first-order chi connectivity index (χ1) is 11.6. The molecule has 0 fully saturated rings. The van der Waals surface area contributed by atoms with Gasteiger partial charge in [0.15, 0.2) is 5.65 Å². The molecule has 0 saturated heterocycles. The topological polar surface area (TPSA) is 81.8 Å². The molecule has 0 unspecified atom stereocenters. The van der Waals surface area contributed by atoms with Crippen LogP contribution >= 0.6 is 23.2 Å². The predicted octanol–water partition coefficient (Wildman–Crippen LogP) is 2.32. The summed E-state index contributed by atoms with van der Waals surface area (Å²) in [5.41, 5.74) is 3.14. The van der Waals surface area contributed by atoms with Crippen LogP contribution in [0.15, 0.2) is 41.6 Å². The molecule has 7 nitrogen and oxygen atoms in total. The monoisotopic (exact) mass is 365 g/mol. The van der Waals surface area contributed by atoms with Gasteiger partial charge in [0.2, 0.25) is 5.91 Å². The number of aromatic nitrogens is 4. The number of fused-ring (bicyclic) bond motifs is 1. The van der Waals surface area contributed by atoms with Gasteiger partial charge in [0, 0.05) is 17.3 Å². The van der Waals surface area contributed by atoms with Crippen LogP contribution in [0, 0.1) is 0 Å². The third kappa shape index (κ3) is 3.27. The van der Waals surface area contributed by atoms with E-state index in [4.69, 9.17) is 23.2 Å². The van der Waals surface area contributed by atoms with Gasteiger partial charge in [-0.05, 0) is 24.6 Å². The first-order valence-electron chi connectivity index (χ1n) is 7.17. The average Bonchev–Trinajstić information content (AvgIpc) is 3.00. The molecule has 0 radical (unpaired) electrons. The van der Waals surface area contributed by atoms with Gasteiger partial charge in [-0.1, -0.05) is 17.7 Å². The van der Waals surface area contributed by atoms with Crippen molar-refractivity contribution >= 4 is 40.1 Å². The molecule has 2 aromatic heterocycles. The fraction of sp³-hybridized carbons (Fsp3) is 0.200. The van der Waals surface area contributed by atoms with E-state index in [1.807, 2.05) is 0 Å². The van der Waals surface area contributed by atoms with Gasteiger partial charge in [0.1, 0.15) is 11.7 Å². The van der Waals surface area contributed by atoms with Crippen molar-refractivity contribution in [3.05, 3.63) is 52.2 Å². The maximum absolute atomic E-state index is 12.5. The number of carbonyl (C=O) groups is 1. The number of alkyl halides is 1. The number of rotatable bonds is 5. The van der Waals surface area contributed by atoms with Gasteiger partial charge in [0.25, 0.3) is 5.56 Å². The second-order valence-electron chi connectivity index (χ2n) is 5.02. The Balaban J connectivity index is 1.97. The molecular formula is C15H13Cl2N5O2. The highest BCUT2D eigenvalue weighted by molar-refractivity contribution is 6.30. The SMILES string of the molecule is O=C(CCCCl)Nn1cnc2c(cnn2-c2cccc(Cl)c2)c1=O. The Morgan fingerprint density at radius 3 is 2.92 bits per heavy atom. The summed E-state index contributed by atoms with van der Waals surface area (Å²) in [5, 5.41) is 5.03. The number of nitrogens with zero attached hydrogens (tertiary/aromatic N) is 4. The maximum atomic E-state index is 12.5. The Kier molecular flexibility index (Phi) is 4.82. The van der Waals surface area contributed by atoms with E-state index in [2.05, 4.69) is 15.5 Å². The molecule has 1 amide bonds. The smallest absolute Gasteiger partial charge is 0.273 e. The molecule has 0 bridgehead atoms. The molecule has 0 spiro atoms. The van der Waals surface area contributed by atoms with E-state index in [0.717, 1.165) is 4.68 Å². The Labute approximate surface area is 146 Å².